The lowest BCUT2D eigenvalue weighted by molar-refractivity contribution is -0.120. The van der Waals surface area contributed by atoms with Crippen LogP contribution in [-0.4, -0.2) is 11.9 Å². The minimum absolute atomic E-state index is 0.267. The Kier molecular flexibility index (Phi) is 1.84. The summed E-state index contributed by atoms with van der Waals surface area (Å²) in [6.07, 6.45) is 3.08. The fraction of sp³-hybridized carbons (Fsp3) is 0.462. The van der Waals surface area contributed by atoms with E-state index in [4.69, 9.17) is 0 Å². The lowest BCUT2D eigenvalue weighted by Gasteiger charge is -2.16. The molecule has 2 aliphatic heterocycles. The van der Waals surface area contributed by atoms with Crippen LogP contribution in [0, 0.1) is 5.92 Å². The molecule has 0 aromatic heterocycles. The molecular formula is C13H15NO. The van der Waals surface area contributed by atoms with E-state index in [9.17, 15) is 4.79 Å². The molecular weight excluding hydrogens is 186 g/mol. The van der Waals surface area contributed by atoms with Gasteiger partial charge in [-0.15, -0.1) is 0 Å². The molecule has 2 aliphatic rings. The van der Waals surface area contributed by atoms with Crippen molar-refractivity contribution in [1.82, 2.24) is 0 Å². The van der Waals surface area contributed by atoms with E-state index in [0.29, 0.717) is 11.9 Å². The molecule has 1 saturated heterocycles. The molecule has 2 heteroatoms. The Bertz CT molecular complexity index is 413. The van der Waals surface area contributed by atoms with Crippen LogP contribution >= 0.6 is 0 Å². The first kappa shape index (κ1) is 8.96. The Labute approximate surface area is 89.9 Å². The standard InChI is InChI=1S/C13H15NO/c1-2-9-7-11-8-10-5-3-4-6-12(10)14(11)13(9)15/h3-6,9,11H,2,7-8H2,1H3/t9-,11-/m1/s1. The highest BCUT2D eigenvalue weighted by atomic mass is 16.2. The maximum Gasteiger partial charge on any atom is 0.230 e. The van der Waals surface area contributed by atoms with Crippen molar-refractivity contribution in [2.45, 2.75) is 32.2 Å². The molecule has 1 amide bonds. The molecule has 2 atom stereocenters. The van der Waals surface area contributed by atoms with Crippen LogP contribution in [0.5, 0.6) is 0 Å². The molecule has 78 valence electrons. The predicted molar refractivity (Wildman–Crippen MR) is 59.8 cm³/mol. The smallest absolute Gasteiger partial charge is 0.230 e. The fourth-order valence-corrected chi connectivity index (χ4v) is 2.91. The molecule has 0 unspecified atom stereocenters. The SMILES string of the molecule is CC[C@@H]1C[C@@H]2Cc3ccccc3N2C1=O. The normalized spacial score (nSPS) is 28.1. The van der Waals surface area contributed by atoms with Gasteiger partial charge in [0.25, 0.3) is 0 Å². The van der Waals surface area contributed by atoms with Gasteiger partial charge in [0, 0.05) is 17.6 Å². The first-order valence-electron chi connectivity index (χ1n) is 5.72. The van der Waals surface area contributed by atoms with Crippen molar-refractivity contribution in [3.05, 3.63) is 29.8 Å². The molecule has 0 N–H and O–H groups in total. The lowest BCUT2D eigenvalue weighted by atomic mass is 9.99. The van der Waals surface area contributed by atoms with E-state index in [0.717, 1.165) is 24.9 Å². The summed E-state index contributed by atoms with van der Waals surface area (Å²) in [7, 11) is 0. The van der Waals surface area contributed by atoms with Gasteiger partial charge in [-0.2, -0.15) is 0 Å². The van der Waals surface area contributed by atoms with Gasteiger partial charge in [0.05, 0.1) is 0 Å². The van der Waals surface area contributed by atoms with Crippen molar-refractivity contribution in [3.63, 3.8) is 0 Å². The second kappa shape index (κ2) is 3.09. The molecule has 0 bridgehead atoms. The van der Waals surface area contributed by atoms with E-state index in [2.05, 4.69) is 25.1 Å². The van der Waals surface area contributed by atoms with Crippen molar-refractivity contribution < 1.29 is 4.79 Å². The van der Waals surface area contributed by atoms with Gasteiger partial charge in [0.1, 0.15) is 0 Å². The molecule has 2 heterocycles. The molecule has 1 aromatic carbocycles. The highest BCUT2D eigenvalue weighted by Crippen LogP contribution is 2.41. The van der Waals surface area contributed by atoms with E-state index in [-0.39, 0.29) is 5.92 Å². The Morgan fingerprint density at radius 3 is 3.00 bits per heavy atom. The number of rotatable bonds is 1. The van der Waals surface area contributed by atoms with Crippen molar-refractivity contribution in [2.24, 2.45) is 5.92 Å². The monoisotopic (exact) mass is 201 g/mol. The van der Waals surface area contributed by atoms with Gasteiger partial charge in [-0.25, -0.2) is 0 Å². The van der Waals surface area contributed by atoms with E-state index >= 15 is 0 Å². The van der Waals surface area contributed by atoms with E-state index in [1.807, 2.05) is 11.0 Å². The highest BCUT2D eigenvalue weighted by Gasteiger charge is 2.43. The Morgan fingerprint density at radius 1 is 1.40 bits per heavy atom. The summed E-state index contributed by atoms with van der Waals surface area (Å²) in [4.78, 5) is 14.1. The summed E-state index contributed by atoms with van der Waals surface area (Å²) in [6.45, 7) is 2.11. The van der Waals surface area contributed by atoms with Crippen molar-refractivity contribution in [2.75, 3.05) is 4.90 Å². The molecule has 2 nitrogen and oxygen atoms in total. The topological polar surface area (TPSA) is 20.3 Å². The summed E-state index contributed by atoms with van der Waals surface area (Å²) < 4.78 is 0. The van der Waals surface area contributed by atoms with E-state index in [1.54, 1.807) is 0 Å². The molecule has 0 radical (unpaired) electrons. The summed E-state index contributed by atoms with van der Waals surface area (Å²) in [5, 5.41) is 0. The molecule has 0 spiro atoms. The first-order valence-corrected chi connectivity index (χ1v) is 5.72. The minimum atomic E-state index is 0.267. The summed E-state index contributed by atoms with van der Waals surface area (Å²) in [6, 6.07) is 8.74. The van der Waals surface area contributed by atoms with Gasteiger partial charge in [-0.1, -0.05) is 25.1 Å². The Morgan fingerprint density at radius 2 is 2.20 bits per heavy atom. The zero-order chi connectivity index (χ0) is 10.4. The van der Waals surface area contributed by atoms with Crippen LogP contribution in [0.4, 0.5) is 5.69 Å². The maximum atomic E-state index is 12.1. The second-order valence-corrected chi connectivity index (χ2v) is 4.54. The van der Waals surface area contributed by atoms with Gasteiger partial charge in [-0.3, -0.25) is 4.79 Å². The van der Waals surface area contributed by atoms with Gasteiger partial charge in [0.2, 0.25) is 5.91 Å². The zero-order valence-electron chi connectivity index (χ0n) is 8.94. The van der Waals surface area contributed by atoms with Crippen LogP contribution < -0.4 is 4.90 Å². The molecule has 1 aromatic rings. The third-order valence-electron chi connectivity index (χ3n) is 3.71. The van der Waals surface area contributed by atoms with Crippen LogP contribution in [0.25, 0.3) is 0 Å². The van der Waals surface area contributed by atoms with Crippen molar-refractivity contribution in [3.8, 4) is 0 Å². The fourth-order valence-electron chi connectivity index (χ4n) is 2.91. The number of hydrogen-bond acceptors (Lipinski definition) is 1. The number of benzene rings is 1. The minimum Gasteiger partial charge on any atom is -0.308 e. The molecule has 15 heavy (non-hydrogen) atoms. The molecule has 0 saturated carbocycles. The maximum absolute atomic E-state index is 12.1. The van der Waals surface area contributed by atoms with Gasteiger partial charge >= 0.3 is 0 Å². The summed E-state index contributed by atoms with van der Waals surface area (Å²) in [5.74, 6) is 0.607. The Balaban J connectivity index is 2.01. The number of carbonyl (C=O) groups excluding carboxylic acids is 1. The second-order valence-electron chi connectivity index (χ2n) is 4.54. The van der Waals surface area contributed by atoms with Crippen LogP contribution in [0.1, 0.15) is 25.3 Å². The number of anilines is 1. The van der Waals surface area contributed by atoms with Crippen LogP contribution in [-0.2, 0) is 11.2 Å². The summed E-state index contributed by atoms with van der Waals surface area (Å²) >= 11 is 0. The zero-order valence-corrected chi connectivity index (χ0v) is 8.94. The third-order valence-corrected chi connectivity index (χ3v) is 3.71. The number of para-hydroxylation sites is 1. The highest BCUT2D eigenvalue weighted by molar-refractivity contribution is 6.00. The number of fused-ring (bicyclic) bond motifs is 3. The van der Waals surface area contributed by atoms with Crippen molar-refractivity contribution >= 4 is 11.6 Å². The number of hydrogen-bond donors (Lipinski definition) is 0. The van der Waals surface area contributed by atoms with Crippen molar-refractivity contribution in [1.29, 1.82) is 0 Å². The van der Waals surface area contributed by atoms with Gasteiger partial charge in [-0.05, 0) is 30.9 Å². The predicted octanol–water partition coefficient (Wildman–Crippen LogP) is 2.37. The van der Waals surface area contributed by atoms with Gasteiger partial charge < -0.3 is 4.90 Å². The Hall–Kier alpha value is -1.31. The molecule has 1 fully saturated rings. The van der Waals surface area contributed by atoms with E-state index < -0.39 is 0 Å². The number of amides is 1. The van der Waals surface area contributed by atoms with Crippen LogP contribution in [0.3, 0.4) is 0 Å². The average Bonchev–Trinajstić information content (AvgIpc) is 2.75. The largest absolute Gasteiger partial charge is 0.308 e. The lowest BCUT2D eigenvalue weighted by Crippen LogP contribution is -2.30. The summed E-state index contributed by atoms with van der Waals surface area (Å²) in [5.41, 5.74) is 2.49. The molecule has 0 aliphatic carbocycles. The van der Waals surface area contributed by atoms with Crippen LogP contribution in [0.2, 0.25) is 0 Å². The number of carbonyl (C=O) groups is 1. The van der Waals surface area contributed by atoms with Crippen LogP contribution in [0.15, 0.2) is 24.3 Å². The quantitative estimate of drug-likeness (QED) is 0.683. The average molecular weight is 201 g/mol. The molecule has 3 rings (SSSR count). The third kappa shape index (κ3) is 1.14. The first-order chi connectivity index (χ1) is 7.31. The van der Waals surface area contributed by atoms with Gasteiger partial charge in [0.15, 0.2) is 0 Å². The van der Waals surface area contributed by atoms with E-state index in [1.165, 1.54) is 5.56 Å². The number of nitrogens with zero attached hydrogens (tertiary/aromatic N) is 1.